The highest BCUT2D eigenvalue weighted by Crippen LogP contribution is 2.38. The van der Waals surface area contributed by atoms with Crippen LogP contribution in [0.15, 0.2) is 12.2 Å². The third-order valence-electron chi connectivity index (χ3n) is 3.86. The molecule has 1 fully saturated rings. The van der Waals surface area contributed by atoms with Crippen LogP contribution in [-0.2, 0) is 0 Å². The van der Waals surface area contributed by atoms with E-state index >= 15 is 0 Å². The molecule has 2 aliphatic rings. The fraction of sp³-hybridized carbons (Fsp3) is 0.800. The van der Waals surface area contributed by atoms with Gasteiger partial charge in [0.05, 0.1) is 0 Å². The summed E-state index contributed by atoms with van der Waals surface area (Å²) < 4.78 is 0. The lowest BCUT2D eigenvalue weighted by Gasteiger charge is -2.36. The highest BCUT2D eigenvalue weighted by Gasteiger charge is 2.29. The number of rotatable bonds is 2. The molecule has 2 nitrogen and oxygen atoms in total. The summed E-state index contributed by atoms with van der Waals surface area (Å²) in [4.78, 5) is 0. The summed E-state index contributed by atoms with van der Waals surface area (Å²) in [6.45, 7) is 7.44. The fourth-order valence-corrected chi connectivity index (χ4v) is 3.61. The summed E-state index contributed by atoms with van der Waals surface area (Å²) in [5.74, 6) is 2.54. The Labute approximate surface area is 117 Å². The van der Waals surface area contributed by atoms with Crippen molar-refractivity contribution < 1.29 is 0 Å². The van der Waals surface area contributed by atoms with Gasteiger partial charge in [-0.1, -0.05) is 12.2 Å². The van der Waals surface area contributed by atoms with Crippen molar-refractivity contribution in [3.8, 4) is 0 Å². The van der Waals surface area contributed by atoms with Gasteiger partial charge in [0.2, 0.25) is 0 Å². The van der Waals surface area contributed by atoms with E-state index in [-0.39, 0.29) is 5.54 Å². The summed E-state index contributed by atoms with van der Waals surface area (Å²) in [5.41, 5.74) is 0.0515. The molecule has 1 saturated carbocycles. The van der Waals surface area contributed by atoms with Crippen LogP contribution in [0.5, 0.6) is 0 Å². The average molecular weight is 266 g/mol. The molecule has 2 aliphatic carbocycles. The fourth-order valence-electron chi connectivity index (χ4n) is 3.22. The van der Waals surface area contributed by atoms with Gasteiger partial charge in [0.25, 0.3) is 0 Å². The van der Waals surface area contributed by atoms with Gasteiger partial charge in [-0.2, -0.15) is 0 Å². The van der Waals surface area contributed by atoms with E-state index in [0.29, 0.717) is 0 Å². The van der Waals surface area contributed by atoms with Crippen LogP contribution in [0.25, 0.3) is 0 Å². The SMILES string of the molecule is CC(C)(C)NC(=S)NCC1CC2C=CCC(C2)C1. The van der Waals surface area contributed by atoms with Crippen LogP contribution in [-0.4, -0.2) is 17.2 Å². The van der Waals surface area contributed by atoms with E-state index in [0.717, 1.165) is 29.4 Å². The Bertz CT molecular complexity index is 330. The predicted molar refractivity (Wildman–Crippen MR) is 81.6 cm³/mol. The van der Waals surface area contributed by atoms with Crippen LogP contribution in [0.2, 0.25) is 0 Å². The van der Waals surface area contributed by atoms with Crippen LogP contribution < -0.4 is 10.6 Å². The Balaban J connectivity index is 1.74. The Morgan fingerprint density at radius 3 is 2.72 bits per heavy atom. The zero-order valence-electron chi connectivity index (χ0n) is 11.8. The third-order valence-corrected chi connectivity index (χ3v) is 4.10. The van der Waals surface area contributed by atoms with Crippen molar-refractivity contribution in [2.24, 2.45) is 17.8 Å². The lowest BCUT2D eigenvalue weighted by molar-refractivity contribution is 0.214. The first-order chi connectivity index (χ1) is 8.42. The number of allylic oxidation sites excluding steroid dienone is 2. The first-order valence-electron chi connectivity index (χ1n) is 7.15. The Kier molecular flexibility index (Phi) is 4.31. The first-order valence-corrected chi connectivity index (χ1v) is 7.56. The molecule has 2 rings (SSSR count). The minimum atomic E-state index is 0.0515. The molecule has 0 spiro atoms. The van der Waals surface area contributed by atoms with Crippen molar-refractivity contribution >= 4 is 17.3 Å². The zero-order chi connectivity index (χ0) is 13.2. The molecule has 0 aromatic rings. The maximum absolute atomic E-state index is 5.34. The standard InChI is InChI=1S/C15H26N2S/c1-15(2,3)17-14(18)16-10-13-8-11-5-4-6-12(7-11)9-13/h4-5,11-13H,6-10H2,1-3H3,(H2,16,17,18). The first kappa shape index (κ1) is 13.9. The topological polar surface area (TPSA) is 24.1 Å². The molecule has 102 valence electrons. The van der Waals surface area contributed by atoms with Gasteiger partial charge in [-0.25, -0.2) is 0 Å². The van der Waals surface area contributed by atoms with Crippen molar-refractivity contribution in [2.75, 3.05) is 6.54 Å². The van der Waals surface area contributed by atoms with Gasteiger partial charge in [-0.3, -0.25) is 0 Å². The maximum atomic E-state index is 5.34. The molecule has 0 radical (unpaired) electrons. The average Bonchev–Trinajstić information content (AvgIpc) is 2.23. The number of nitrogens with one attached hydrogen (secondary N) is 2. The summed E-state index contributed by atoms with van der Waals surface area (Å²) in [5, 5.41) is 7.51. The molecule has 2 bridgehead atoms. The van der Waals surface area contributed by atoms with Gasteiger partial charge in [-0.15, -0.1) is 0 Å². The second kappa shape index (κ2) is 5.60. The minimum Gasteiger partial charge on any atom is -0.362 e. The van der Waals surface area contributed by atoms with Gasteiger partial charge in [0, 0.05) is 12.1 Å². The van der Waals surface area contributed by atoms with E-state index in [4.69, 9.17) is 12.2 Å². The zero-order valence-corrected chi connectivity index (χ0v) is 12.6. The molecule has 0 aliphatic heterocycles. The highest BCUT2D eigenvalue weighted by atomic mass is 32.1. The molecule has 0 heterocycles. The normalized spacial score (nSPS) is 30.9. The molecule has 0 aromatic carbocycles. The Morgan fingerprint density at radius 1 is 1.28 bits per heavy atom. The third kappa shape index (κ3) is 4.27. The van der Waals surface area contributed by atoms with E-state index < -0.39 is 0 Å². The number of hydrogen-bond acceptors (Lipinski definition) is 1. The molecule has 3 heteroatoms. The van der Waals surface area contributed by atoms with Gasteiger partial charge in [-0.05, 0) is 76.4 Å². The van der Waals surface area contributed by atoms with Crippen molar-refractivity contribution in [1.29, 1.82) is 0 Å². The smallest absolute Gasteiger partial charge is 0.166 e. The van der Waals surface area contributed by atoms with Crippen molar-refractivity contribution in [2.45, 2.75) is 52.0 Å². The number of thiocarbonyl (C=S) groups is 1. The van der Waals surface area contributed by atoms with Crippen LogP contribution in [0.3, 0.4) is 0 Å². The van der Waals surface area contributed by atoms with Gasteiger partial charge in [0.1, 0.15) is 0 Å². The maximum Gasteiger partial charge on any atom is 0.166 e. The summed E-state index contributed by atoms with van der Waals surface area (Å²) >= 11 is 5.34. The summed E-state index contributed by atoms with van der Waals surface area (Å²) in [6.07, 6.45) is 10.2. The van der Waals surface area contributed by atoms with E-state index in [2.05, 4.69) is 43.6 Å². The van der Waals surface area contributed by atoms with E-state index in [1.54, 1.807) is 0 Å². The number of fused-ring (bicyclic) bond motifs is 2. The molecule has 2 N–H and O–H groups in total. The van der Waals surface area contributed by atoms with Crippen molar-refractivity contribution in [3.63, 3.8) is 0 Å². The van der Waals surface area contributed by atoms with Gasteiger partial charge < -0.3 is 10.6 Å². The number of hydrogen-bond donors (Lipinski definition) is 2. The minimum absolute atomic E-state index is 0.0515. The second-order valence-electron chi connectivity index (χ2n) is 6.95. The molecule has 3 unspecified atom stereocenters. The van der Waals surface area contributed by atoms with E-state index in [1.165, 1.54) is 25.7 Å². The highest BCUT2D eigenvalue weighted by molar-refractivity contribution is 7.80. The molecular weight excluding hydrogens is 240 g/mol. The molecular formula is C15H26N2S. The largest absolute Gasteiger partial charge is 0.362 e. The van der Waals surface area contributed by atoms with Crippen molar-refractivity contribution in [1.82, 2.24) is 10.6 Å². The molecule has 0 saturated heterocycles. The second-order valence-corrected chi connectivity index (χ2v) is 7.36. The van der Waals surface area contributed by atoms with Crippen molar-refractivity contribution in [3.05, 3.63) is 12.2 Å². The lowest BCUT2D eigenvalue weighted by Crippen LogP contribution is -2.47. The van der Waals surface area contributed by atoms with Gasteiger partial charge >= 0.3 is 0 Å². The van der Waals surface area contributed by atoms with Gasteiger partial charge in [0.15, 0.2) is 5.11 Å². The van der Waals surface area contributed by atoms with E-state index in [9.17, 15) is 0 Å². The van der Waals surface area contributed by atoms with Crippen LogP contribution in [0.4, 0.5) is 0 Å². The Hall–Kier alpha value is -0.570. The molecule has 18 heavy (non-hydrogen) atoms. The molecule has 3 atom stereocenters. The van der Waals surface area contributed by atoms with Crippen LogP contribution >= 0.6 is 12.2 Å². The lowest BCUT2D eigenvalue weighted by atomic mass is 9.71. The Morgan fingerprint density at radius 2 is 2.06 bits per heavy atom. The predicted octanol–water partition coefficient (Wildman–Crippen LogP) is 3.24. The summed E-state index contributed by atoms with van der Waals surface area (Å²) in [7, 11) is 0. The molecule has 0 aromatic heterocycles. The van der Waals surface area contributed by atoms with Crippen LogP contribution in [0, 0.1) is 17.8 Å². The monoisotopic (exact) mass is 266 g/mol. The summed E-state index contributed by atoms with van der Waals surface area (Å²) in [6, 6.07) is 0. The van der Waals surface area contributed by atoms with E-state index in [1.807, 2.05) is 0 Å². The molecule has 0 amide bonds. The van der Waals surface area contributed by atoms with Crippen LogP contribution in [0.1, 0.15) is 46.5 Å². The quantitative estimate of drug-likeness (QED) is 0.593.